The highest BCUT2D eigenvalue weighted by Gasteiger charge is 2.17. The average Bonchev–Trinajstić information content (AvgIpc) is 2.29. The molecule has 0 aliphatic heterocycles. The third-order valence-electron chi connectivity index (χ3n) is 2.42. The van der Waals surface area contributed by atoms with Crippen LogP contribution in [0.15, 0.2) is 12.3 Å². The van der Waals surface area contributed by atoms with Gasteiger partial charge in [-0.1, -0.05) is 0 Å². The molecule has 0 unspecified atom stereocenters. The number of nitrogen functional groups attached to an aromatic ring is 1. The number of nitrogens with one attached hydrogen (secondary N) is 1. The number of aromatic nitrogens is 2. The summed E-state index contributed by atoms with van der Waals surface area (Å²) in [5.74, 6) is 0.630. The normalized spacial score (nSPS) is 10.6. The average molecular weight is 237 g/mol. The lowest BCUT2D eigenvalue weighted by atomic mass is 10.2. The first-order chi connectivity index (χ1) is 8.07. The highest BCUT2D eigenvalue weighted by atomic mass is 16.5. The molecule has 0 spiro atoms. The molecule has 6 nitrogen and oxygen atoms in total. The monoisotopic (exact) mass is 237 g/mol. The van der Waals surface area contributed by atoms with Crippen LogP contribution in [0.4, 0.5) is 5.82 Å². The van der Waals surface area contributed by atoms with Gasteiger partial charge in [0.05, 0.1) is 18.4 Å². The quantitative estimate of drug-likeness (QED) is 0.559. The summed E-state index contributed by atoms with van der Waals surface area (Å²) in [5.41, 5.74) is 6.14. The van der Waals surface area contributed by atoms with Crippen molar-refractivity contribution in [2.75, 3.05) is 25.2 Å². The lowest BCUT2D eigenvalue weighted by molar-refractivity contribution is 0.203. The molecule has 0 aromatic carbocycles. The summed E-state index contributed by atoms with van der Waals surface area (Å²) in [5, 5.41) is 15.5. The molecule has 6 heteroatoms. The first kappa shape index (κ1) is 13.4. The van der Waals surface area contributed by atoms with Gasteiger partial charge in [-0.2, -0.15) is 5.10 Å². The molecular weight excluding hydrogens is 218 g/mol. The molecule has 3 N–H and O–H groups in total. The Morgan fingerprint density at radius 1 is 1.59 bits per heavy atom. The van der Waals surface area contributed by atoms with Gasteiger partial charge >= 0.3 is 0 Å². The molecule has 0 aliphatic rings. The lowest BCUT2D eigenvalue weighted by Gasteiger charge is -2.28. The summed E-state index contributed by atoms with van der Waals surface area (Å²) >= 11 is 0. The van der Waals surface area contributed by atoms with Gasteiger partial charge in [0.1, 0.15) is 5.84 Å². The Hall–Kier alpha value is -1.69. The van der Waals surface area contributed by atoms with Crippen molar-refractivity contribution in [2.45, 2.75) is 19.9 Å². The highest BCUT2D eigenvalue weighted by Crippen LogP contribution is 2.17. The van der Waals surface area contributed by atoms with Crippen molar-refractivity contribution in [1.82, 2.24) is 10.2 Å². The molecule has 1 rings (SSSR count). The fourth-order valence-corrected chi connectivity index (χ4v) is 1.54. The maximum absolute atomic E-state index is 7.54. The first-order valence-electron chi connectivity index (χ1n) is 5.49. The number of methoxy groups -OCH3 is 1. The van der Waals surface area contributed by atoms with Crippen LogP contribution in [0.3, 0.4) is 0 Å². The lowest BCUT2D eigenvalue weighted by Crippen LogP contribution is -2.36. The van der Waals surface area contributed by atoms with Crippen LogP contribution >= 0.6 is 0 Å². The van der Waals surface area contributed by atoms with E-state index < -0.39 is 0 Å². The molecular formula is C11H19N5O. The van der Waals surface area contributed by atoms with E-state index in [0.717, 1.165) is 0 Å². The second-order valence-corrected chi connectivity index (χ2v) is 3.96. The molecule has 0 aliphatic carbocycles. The van der Waals surface area contributed by atoms with E-state index in [1.54, 1.807) is 13.2 Å². The Morgan fingerprint density at radius 3 is 2.82 bits per heavy atom. The van der Waals surface area contributed by atoms with Gasteiger partial charge in [0, 0.05) is 19.7 Å². The van der Waals surface area contributed by atoms with Gasteiger partial charge in [0.2, 0.25) is 0 Å². The fourth-order valence-electron chi connectivity index (χ4n) is 1.54. The standard InChI is InChI=1S/C11H19N5O/c1-8(2)16(6-7-17-3)11-9(10(12)13)4-5-14-15-11/h4-5,8H,6-7H2,1-3H3,(H3,12,13). The smallest absolute Gasteiger partial charge is 0.162 e. The number of ether oxygens (including phenoxy) is 1. The van der Waals surface area contributed by atoms with E-state index in [1.165, 1.54) is 6.20 Å². The molecule has 0 radical (unpaired) electrons. The van der Waals surface area contributed by atoms with Crippen molar-refractivity contribution in [3.05, 3.63) is 17.8 Å². The van der Waals surface area contributed by atoms with Crippen LogP contribution in [-0.2, 0) is 4.74 Å². The zero-order valence-corrected chi connectivity index (χ0v) is 10.5. The number of hydrogen-bond acceptors (Lipinski definition) is 5. The Morgan fingerprint density at radius 2 is 2.29 bits per heavy atom. The fraction of sp³-hybridized carbons (Fsp3) is 0.545. The maximum Gasteiger partial charge on any atom is 0.162 e. The van der Waals surface area contributed by atoms with E-state index in [4.69, 9.17) is 15.9 Å². The van der Waals surface area contributed by atoms with Gasteiger partial charge in [0.15, 0.2) is 5.82 Å². The van der Waals surface area contributed by atoms with Gasteiger partial charge < -0.3 is 15.4 Å². The zero-order valence-electron chi connectivity index (χ0n) is 10.5. The van der Waals surface area contributed by atoms with Crippen LogP contribution in [0.25, 0.3) is 0 Å². The Bertz CT molecular complexity index is 380. The summed E-state index contributed by atoms with van der Waals surface area (Å²) in [7, 11) is 1.65. The van der Waals surface area contributed by atoms with Crippen molar-refractivity contribution in [1.29, 1.82) is 5.41 Å². The van der Waals surface area contributed by atoms with Gasteiger partial charge in [-0.05, 0) is 19.9 Å². The second-order valence-electron chi connectivity index (χ2n) is 3.96. The van der Waals surface area contributed by atoms with Gasteiger partial charge in [-0.15, -0.1) is 5.10 Å². The highest BCUT2D eigenvalue weighted by molar-refractivity contribution is 5.99. The maximum atomic E-state index is 7.54. The van der Waals surface area contributed by atoms with E-state index >= 15 is 0 Å². The van der Waals surface area contributed by atoms with E-state index in [0.29, 0.717) is 24.5 Å². The molecule has 1 aromatic heterocycles. The van der Waals surface area contributed by atoms with Crippen LogP contribution < -0.4 is 10.6 Å². The summed E-state index contributed by atoms with van der Waals surface area (Å²) in [4.78, 5) is 2.02. The van der Waals surface area contributed by atoms with Gasteiger partial charge in [-0.25, -0.2) is 0 Å². The summed E-state index contributed by atoms with van der Waals surface area (Å²) in [6, 6.07) is 1.94. The van der Waals surface area contributed by atoms with Crippen molar-refractivity contribution in [3.8, 4) is 0 Å². The number of anilines is 1. The SMILES string of the molecule is COCCN(c1nnccc1C(=N)N)C(C)C. The van der Waals surface area contributed by atoms with Gasteiger partial charge in [0.25, 0.3) is 0 Å². The van der Waals surface area contributed by atoms with E-state index in [-0.39, 0.29) is 11.9 Å². The minimum Gasteiger partial charge on any atom is -0.384 e. The largest absolute Gasteiger partial charge is 0.384 e. The summed E-state index contributed by atoms with van der Waals surface area (Å²) in [6.07, 6.45) is 1.54. The molecule has 0 amide bonds. The van der Waals surface area contributed by atoms with Crippen molar-refractivity contribution in [2.24, 2.45) is 5.73 Å². The molecule has 1 heterocycles. The Labute approximate surface area is 101 Å². The second kappa shape index (κ2) is 6.15. The van der Waals surface area contributed by atoms with Crippen LogP contribution in [0.2, 0.25) is 0 Å². The molecule has 94 valence electrons. The van der Waals surface area contributed by atoms with Crippen molar-refractivity contribution < 1.29 is 4.74 Å². The van der Waals surface area contributed by atoms with Crippen LogP contribution in [0.1, 0.15) is 19.4 Å². The topological polar surface area (TPSA) is 88.1 Å². The predicted octanol–water partition coefficient (Wildman–Crippen LogP) is 0.622. The number of rotatable bonds is 6. The van der Waals surface area contributed by atoms with Crippen LogP contribution in [0, 0.1) is 5.41 Å². The van der Waals surface area contributed by atoms with Crippen molar-refractivity contribution in [3.63, 3.8) is 0 Å². The Kier molecular flexibility index (Phi) is 4.84. The number of nitrogens with two attached hydrogens (primary N) is 1. The minimum atomic E-state index is -0.00188. The first-order valence-corrected chi connectivity index (χ1v) is 5.49. The number of amidine groups is 1. The third kappa shape index (κ3) is 3.39. The molecule has 0 bridgehead atoms. The minimum absolute atomic E-state index is 0.00188. The van der Waals surface area contributed by atoms with Gasteiger partial charge in [-0.3, -0.25) is 5.41 Å². The molecule has 1 aromatic rings. The molecule has 0 saturated heterocycles. The zero-order chi connectivity index (χ0) is 12.8. The van der Waals surface area contributed by atoms with Crippen LogP contribution in [0.5, 0.6) is 0 Å². The Balaban J connectivity index is 3.04. The third-order valence-corrected chi connectivity index (χ3v) is 2.42. The summed E-state index contributed by atoms with van der Waals surface area (Å²) in [6.45, 7) is 5.38. The molecule has 17 heavy (non-hydrogen) atoms. The van der Waals surface area contributed by atoms with E-state index in [2.05, 4.69) is 10.2 Å². The molecule has 0 atom stereocenters. The summed E-state index contributed by atoms with van der Waals surface area (Å²) < 4.78 is 5.07. The van der Waals surface area contributed by atoms with Crippen LogP contribution in [-0.4, -0.2) is 42.3 Å². The number of hydrogen-bond donors (Lipinski definition) is 2. The molecule has 0 fully saturated rings. The molecule has 0 saturated carbocycles. The van der Waals surface area contributed by atoms with Crippen molar-refractivity contribution >= 4 is 11.7 Å². The number of nitrogens with zero attached hydrogens (tertiary/aromatic N) is 3. The van der Waals surface area contributed by atoms with E-state index in [1.807, 2.05) is 18.7 Å². The predicted molar refractivity (Wildman–Crippen MR) is 67.4 cm³/mol. The van der Waals surface area contributed by atoms with E-state index in [9.17, 15) is 0 Å².